The number of benzene rings is 1. The fourth-order valence-electron chi connectivity index (χ4n) is 2.79. The Bertz CT molecular complexity index is 921. The van der Waals surface area contributed by atoms with Crippen LogP contribution in [-0.4, -0.2) is 54.8 Å². The molecular weight excluding hydrogens is 358 g/mol. The Balaban J connectivity index is 2.07. The first kappa shape index (κ1) is 18.2. The van der Waals surface area contributed by atoms with Crippen molar-refractivity contribution in [3.8, 4) is 5.88 Å². The normalized spacial score (nSPS) is 12.8. The van der Waals surface area contributed by atoms with E-state index < -0.39 is 4.92 Å². The molecule has 2 N–H and O–H groups in total. The van der Waals surface area contributed by atoms with Crippen LogP contribution in [0.2, 0.25) is 0 Å². The number of aromatic nitrogens is 3. The number of likely N-dealkylation sites (N-methyl/N-ethyl adjacent to an activating group) is 1. The van der Waals surface area contributed by atoms with Crippen LogP contribution in [0.15, 0.2) is 24.3 Å². The van der Waals surface area contributed by atoms with Gasteiger partial charge in [-0.1, -0.05) is 30.4 Å². The highest BCUT2D eigenvalue weighted by atomic mass is 32.1. The van der Waals surface area contributed by atoms with Gasteiger partial charge < -0.3 is 10.2 Å². The monoisotopic (exact) mass is 377 g/mol. The molecule has 0 fully saturated rings. The van der Waals surface area contributed by atoms with Gasteiger partial charge in [0.15, 0.2) is 5.82 Å². The van der Waals surface area contributed by atoms with Gasteiger partial charge in [-0.3, -0.25) is 15.0 Å². The molecule has 1 unspecified atom stereocenters. The van der Waals surface area contributed by atoms with E-state index in [4.69, 9.17) is 0 Å². The van der Waals surface area contributed by atoms with E-state index in [0.717, 1.165) is 5.56 Å². The van der Waals surface area contributed by atoms with Crippen LogP contribution in [0, 0.1) is 10.1 Å². The van der Waals surface area contributed by atoms with Crippen molar-refractivity contribution in [1.29, 1.82) is 0 Å². The number of nitro groups is 1. The topological polar surface area (TPSA) is 117 Å². The van der Waals surface area contributed by atoms with E-state index >= 15 is 0 Å². The molecule has 0 aliphatic rings. The van der Waals surface area contributed by atoms with E-state index in [-0.39, 0.29) is 24.2 Å². The number of aryl methyl sites for hydroxylation is 1. The highest BCUT2D eigenvalue weighted by Gasteiger charge is 2.28. The Morgan fingerprint density at radius 3 is 2.62 bits per heavy atom. The van der Waals surface area contributed by atoms with Crippen LogP contribution in [0.3, 0.4) is 0 Å². The Morgan fingerprint density at radius 1 is 1.38 bits per heavy atom. The van der Waals surface area contributed by atoms with E-state index in [1.165, 1.54) is 28.0 Å². The number of rotatable bonds is 7. The number of aromatic hydroxyl groups is 1. The number of hydrogen-bond acceptors (Lipinski definition) is 8. The first-order valence-corrected chi connectivity index (χ1v) is 8.90. The minimum Gasteiger partial charge on any atom is -0.492 e. The third kappa shape index (κ3) is 3.26. The molecule has 0 spiro atoms. The molecule has 1 atom stereocenters. The number of nitro benzene ring substituents is 1. The summed E-state index contributed by atoms with van der Waals surface area (Å²) in [4.78, 5) is 17.9. The Labute approximate surface area is 153 Å². The van der Waals surface area contributed by atoms with Crippen LogP contribution in [0.1, 0.15) is 29.2 Å². The largest absolute Gasteiger partial charge is 0.492 e. The molecule has 3 aromatic rings. The fraction of sp³-hybridized carbons (Fsp3) is 0.375. The molecule has 138 valence electrons. The summed E-state index contributed by atoms with van der Waals surface area (Å²) in [5.74, 6) is 0.638. The molecule has 0 saturated heterocycles. The molecule has 10 heteroatoms. The molecule has 1 aromatic carbocycles. The summed E-state index contributed by atoms with van der Waals surface area (Å²) in [5, 5.41) is 35.1. The van der Waals surface area contributed by atoms with Gasteiger partial charge in [0.25, 0.3) is 5.69 Å². The van der Waals surface area contributed by atoms with Gasteiger partial charge >= 0.3 is 0 Å². The second-order valence-electron chi connectivity index (χ2n) is 5.82. The maximum atomic E-state index is 10.9. The summed E-state index contributed by atoms with van der Waals surface area (Å²) in [7, 11) is 1.81. The van der Waals surface area contributed by atoms with E-state index in [1.54, 1.807) is 12.1 Å². The lowest BCUT2D eigenvalue weighted by molar-refractivity contribution is -0.384. The van der Waals surface area contributed by atoms with E-state index in [1.807, 2.05) is 18.9 Å². The predicted molar refractivity (Wildman–Crippen MR) is 96.6 cm³/mol. The maximum Gasteiger partial charge on any atom is 0.269 e. The SMILES string of the molecule is CCc1nc2sc(C(c3ccc([N+](=O)[O-])cc3)N(C)CCO)c(O)n2n1. The smallest absolute Gasteiger partial charge is 0.269 e. The fourth-order valence-corrected chi connectivity index (χ4v) is 3.96. The van der Waals surface area contributed by atoms with E-state index in [9.17, 15) is 20.3 Å². The van der Waals surface area contributed by atoms with Crippen molar-refractivity contribution >= 4 is 22.0 Å². The highest BCUT2D eigenvalue weighted by Crippen LogP contribution is 2.39. The first-order valence-electron chi connectivity index (χ1n) is 8.09. The van der Waals surface area contributed by atoms with Crippen molar-refractivity contribution < 1.29 is 15.1 Å². The number of hydrogen-bond donors (Lipinski definition) is 2. The summed E-state index contributed by atoms with van der Waals surface area (Å²) in [6.07, 6.45) is 0.666. The number of non-ortho nitro benzene ring substituents is 1. The van der Waals surface area contributed by atoms with Gasteiger partial charge in [0, 0.05) is 25.1 Å². The number of aliphatic hydroxyl groups excluding tert-OH is 1. The van der Waals surface area contributed by atoms with Crippen molar-refractivity contribution in [2.24, 2.45) is 0 Å². The van der Waals surface area contributed by atoms with Crippen LogP contribution < -0.4 is 0 Å². The minimum absolute atomic E-state index is 0.00299. The molecule has 3 rings (SSSR count). The van der Waals surface area contributed by atoms with Crippen LogP contribution in [0.5, 0.6) is 5.88 Å². The molecule has 26 heavy (non-hydrogen) atoms. The van der Waals surface area contributed by atoms with Crippen molar-refractivity contribution in [3.05, 3.63) is 50.6 Å². The van der Waals surface area contributed by atoms with Gasteiger partial charge in [-0.2, -0.15) is 4.52 Å². The lowest BCUT2D eigenvalue weighted by Gasteiger charge is -2.26. The molecule has 0 saturated carbocycles. The van der Waals surface area contributed by atoms with Crippen molar-refractivity contribution in [2.75, 3.05) is 20.2 Å². The molecule has 2 aromatic heterocycles. The Morgan fingerprint density at radius 2 is 2.08 bits per heavy atom. The van der Waals surface area contributed by atoms with E-state index in [0.29, 0.717) is 28.6 Å². The summed E-state index contributed by atoms with van der Waals surface area (Å²) in [6.45, 7) is 2.25. The minimum atomic E-state index is -0.455. The average Bonchev–Trinajstić information content (AvgIpc) is 3.16. The maximum absolute atomic E-state index is 10.9. The molecular formula is C16H19N5O4S. The lowest BCUT2D eigenvalue weighted by atomic mass is 10.0. The zero-order valence-electron chi connectivity index (χ0n) is 14.4. The highest BCUT2D eigenvalue weighted by molar-refractivity contribution is 7.17. The quantitative estimate of drug-likeness (QED) is 0.477. The van der Waals surface area contributed by atoms with Crippen LogP contribution in [-0.2, 0) is 6.42 Å². The van der Waals surface area contributed by atoms with Crippen LogP contribution in [0.4, 0.5) is 5.69 Å². The number of nitrogens with zero attached hydrogens (tertiary/aromatic N) is 5. The van der Waals surface area contributed by atoms with E-state index in [2.05, 4.69) is 10.1 Å². The zero-order chi connectivity index (χ0) is 18.8. The predicted octanol–water partition coefficient (Wildman–Crippen LogP) is 1.98. The molecule has 0 radical (unpaired) electrons. The molecule has 0 bridgehead atoms. The first-order chi connectivity index (χ1) is 12.5. The Kier molecular flexibility index (Phi) is 5.16. The Hall–Kier alpha value is -2.56. The van der Waals surface area contributed by atoms with Gasteiger partial charge in [0.1, 0.15) is 0 Å². The van der Waals surface area contributed by atoms with Gasteiger partial charge in [-0.05, 0) is 12.6 Å². The molecule has 2 heterocycles. The van der Waals surface area contributed by atoms with Crippen LogP contribution >= 0.6 is 11.3 Å². The lowest BCUT2D eigenvalue weighted by Crippen LogP contribution is -2.28. The summed E-state index contributed by atoms with van der Waals surface area (Å²) < 4.78 is 1.41. The number of thiazole rings is 1. The van der Waals surface area contributed by atoms with Gasteiger partial charge in [0.05, 0.1) is 22.4 Å². The number of aliphatic hydroxyl groups is 1. The van der Waals surface area contributed by atoms with Gasteiger partial charge in [-0.25, -0.2) is 4.98 Å². The summed E-state index contributed by atoms with van der Waals surface area (Å²) in [5.41, 5.74) is 0.763. The van der Waals surface area contributed by atoms with Gasteiger partial charge in [-0.15, -0.1) is 5.10 Å². The zero-order valence-corrected chi connectivity index (χ0v) is 15.2. The second-order valence-corrected chi connectivity index (χ2v) is 6.83. The average molecular weight is 377 g/mol. The summed E-state index contributed by atoms with van der Waals surface area (Å²) >= 11 is 1.31. The third-order valence-corrected chi connectivity index (χ3v) is 5.19. The van der Waals surface area contributed by atoms with Gasteiger partial charge in [0.2, 0.25) is 10.8 Å². The van der Waals surface area contributed by atoms with Crippen LogP contribution in [0.25, 0.3) is 4.96 Å². The molecule has 9 nitrogen and oxygen atoms in total. The standard InChI is InChI=1S/C16H19N5O4S/c1-3-12-17-16-20(18-12)15(23)14(26-16)13(19(2)8-9-22)10-4-6-11(7-5-10)21(24)25/h4-7,13,22-23H,3,8-9H2,1-2H3. The molecule has 0 aliphatic carbocycles. The molecule has 0 aliphatic heterocycles. The molecule has 0 amide bonds. The second kappa shape index (κ2) is 7.36. The van der Waals surface area contributed by atoms with Crippen molar-refractivity contribution in [3.63, 3.8) is 0 Å². The van der Waals surface area contributed by atoms with Crippen molar-refractivity contribution in [1.82, 2.24) is 19.5 Å². The van der Waals surface area contributed by atoms with Crippen molar-refractivity contribution in [2.45, 2.75) is 19.4 Å². The summed E-state index contributed by atoms with van der Waals surface area (Å²) in [6, 6.07) is 5.78. The number of fused-ring (bicyclic) bond motifs is 1. The third-order valence-electron chi connectivity index (χ3n) is 4.12.